The summed E-state index contributed by atoms with van der Waals surface area (Å²) in [7, 11) is 1.65. The molecule has 3 N–H and O–H groups in total. The molecule has 3 atom stereocenters. The van der Waals surface area contributed by atoms with Crippen LogP contribution >= 0.6 is 0 Å². The number of methoxy groups -OCH3 is 1. The maximum Gasteiger partial charge on any atom is 0.193 e. The van der Waals surface area contributed by atoms with Gasteiger partial charge in [-0.05, 0) is 35.6 Å². The number of benzene rings is 2. The van der Waals surface area contributed by atoms with E-state index in [1.807, 2.05) is 24.3 Å². The molecule has 0 aliphatic heterocycles. The molecular weight excluding hydrogens is 274 g/mol. The fraction of sp³-hybridized carbons (Fsp3) is 0.278. The SMILES string of the molecule is COc1cccc(NC(N)=NC2C3Cc4ccccc4C32)c1. The molecule has 2 aromatic rings. The van der Waals surface area contributed by atoms with Gasteiger partial charge >= 0.3 is 0 Å². The van der Waals surface area contributed by atoms with E-state index in [1.54, 1.807) is 7.11 Å². The second-order valence-corrected chi connectivity index (χ2v) is 5.95. The second-order valence-electron chi connectivity index (χ2n) is 5.95. The van der Waals surface area contributed by atoms with Gasteiger partial charge in [0.1, 0.15) is 5.75 Å². The number of aliphatic imine (C=N–C) groups is 1. The molecule has 0 bridgehead atoms. The Kier molecular flexibility index (Phi) is 3.03. The number of ether oxygens (including phenoxy) is 1. The average molecular weight is 293 g/mol. The number of fused-ring (bicyclic) bond motifs is 3. The minimum absolute atomic E-state index is 0.327. The number of anilines is 1. The van der Waals surface area contributed by atoms with Gasteiger partial charge in [-0.2, -0.15) is 0 Å². The summed E-state index contributed by atoms with van der Waals surface area (Å²) in [4.78, 5) is 4.67. The Morgan fingerprint density at radius 2 is 2.09 bits per heavy atom. The van der Waals surface area contributed by atoms with Crippen molar-refractivity contribution in [1.29, 1.82) is 0 Å². The van der Waals surface area contributed by atoms with E-state index in [0.717, 1.165) is 17.9 Å². The largest absolute Gasteiger partial charge is 0.497 e. The second kappa shape index (κ2) is 5.05. The molecule has 2 aliphatic carbocycles. The molecule has 2 aliphatic rings. The van der Waals surface area contributed by atoms with Crippen LogP contribution in [0.25, 0.3) is 0 Å². The quantitative estimate of drug-likeness (QED) is 0.676. The molecule has 3 unspecified atom stereocenters. The van der Waals surface area contributed by atoms with Gasteiger partial charge in [0.2, 0.25) is 0 Å². The molecule has 0 heterocycles. The van der Waals surface area contributed by atoms with Crippen molar-refractivity contribution in [3.05, 3.63) is 59.7 Å². The van der Waals surface area contributed by atoms with Crippen LogP contribution in [0, 0.1) is 5.92 Å². The molecule has 4 rings (SSSR count). The Morgan fingerprint density at radius 3 is 2.95 bits per heavy atom. The minimum atomic E-state index is 0.327. The summed E-state index contributed by atoms with van der Waals surface area (Å²) in [5.74, 6) is 2.46. The topological polar surface area (TPSA) is 59.6 Å². The molecule has 0 amide bonds. The molecule has 4 nitrogen and oxygen atoms in total. The van der Waals surface area contributed by atoms with E-state index in [-0.39, 0.29) is 0 Å². The molecule has 112 valence electrons. The Bertz CT molecular complexity index is 741. The maximum atomic E-state index is 6.06. The van der Waals surface area contributed by atoms with Crippen LogP contribution in [-0.4, -0.2) is 19.1 Å². The van der Waals surface area contributed by atoms with E-state index in [1.165, 1.54) is 11.1 Å². The molecular formula is C18H19N3O. The lowest BCUT2D eigenvalue weighted by Gasteiger charge is -2.08. The van der Waals surface area contributed by atoms with Crippen LogP contribution in [0.4, 0.5) is 5.69 Å². The van der Waals surface area contributed by atoms with Crippen molar-refractivity contribution in [1.82, 2.24) is 0 Å². The van der Waals surface area contributed by atoms with E-state index in [4.69, 9.17) is 10.5 Å². The number of hydrogen-bond donors (Lipinski definition) is 2. The Morgan fingerprint density at radius 1 is 1.23 bits per heavy atom. The maximum absolute atomic E-state index is 6.06. The summed E-state index contributed by atoms with van der Waals surface area (Å²) in [6.07, 6.45) is 1.13. The van der Waals surface area contributed by atoms with Gasteiger partial charge in [-0.1, -0.05) is 30.3 Å². The molecule has 22 heavy (non-hydrogen) atoms. The van der Waals surface area contributed by atoms with Gasteiger partial charge < -0.3 is 15.8 Å². The zero-order chi connectivity index (χ0) is 15.1. The fourth-order valence-electron chi connectivity index (χ4n) is 3.53. The van der Waals surface area contributed by atoms with Gasteiger partial charge in [0, 0.05) is 17.7 Å². The molecule has 0 saturated heterocycles. The molecule has 0 spiro atoms. The summed E-state index contributed by atoms with van der Waals surface area (Å²) in [5.41, 5.74) is 9.88. The number of hydrogen-bond acceptors (Lipinski definition) is 2. The van der Waals surface area contributed by atoms with E-state index in [2.05, 4.69) is 34.6 Å². The first kappa shape index (κ1) is 13.2. The van der Waals surface area contributed by atoms with Crippen LogP contribution in [0.15, 0.2) is 53.5 Å². The fourth-order valence-corrected chi connectivity index (χ4v) is 3.53. The van der Waals surface area contributed by atoms with E-state index in [0.29, 0.717) is 23.8 Å². The van der Waals surface area contributed by atoms with Crippen molar-refractivity contribution in [2.45, 2.75) is 18.4 Å². The van der Waals surface area contributed by atoms with Gasteiger partial charge in [0.15, 0.2) is 5.96 Å². The Balaban J connectivity index is 1.46. The molecule has 1 saturated carbocycles. The van der Waals surface area contributed by atoms with Crippen LogP contribution in [0.1, 0.15) is 17.0 Å². The highest BCUT2D eigenvalue weighted by Gasteiger charge is 2.55. The Hall–Kier alpha value is -2.49. The van der Waals surface area contributed by atoms with E-state index in [9.17, 15) is 0 Å². The summed E-state index contributed by atoms with van der Waals surface area (Å²) in [5, 5.41) is 3.15. The summed E-state index contributed by atoms with van der Waals surface area (Å²) in [6, 6.07) is 16.7. The standard InChI is InChI=1S/C18H19N3O/c1-22-13-7-4-6-12(10-13)20-18(19)21-17-15-9-11-5-2-3-8-14(11)16(15)17/h2-8,10,15-17H,9H2,1H3,(H3,19,20,21). The van der Waals surface area contributed by atoms with Crippen molar-refractivity contribution >= 4 is 11.6 Å². The number of nitrogens with one attached hydrogen (secondary N) is 1. The average Bonchev–Trinajstić information content (AvgIpc) is 3.04. The van der Waals surface area contributed by atoms with Crippen molar-refractivity contribution in [3.63, 3.8) is 0 Å². The molecule has 2 aromatic carbocycles. The van der Waals surface area contributed by atoms with Crippen molar-refractivity contribution in [2.24, 2.45) is 16.6 Å². The minimum Gasteiger partial charge on any atom is -0.497 e. The van der Waals surface area contributed by atoms with E-state index < -0.39 is 0 Å². The monoisotopic (exact) mass is 293 g/mol. The first-order valence-electron chi connectivity index (χ1n) is 7.58. The van der Waals surface area contributed by atoms with Crippen LogP contribution in [0.5, 0.6) is 5.75 Å². The van der Waals surface area contributed by atoms with Gasteiger partial charge in [-0.3, -0.25) is 0 Å². The lowest BCUT2D eigenvalue weighted by Crippen LogP contribution is -2.23. The molecule has 0 aromatic heterocycles. The van der Waals surface area contributed by atoms with Crippen molar-refractivity contribution in [3.8, 4) is 5.75 Å². The number of rotatable bonds is 3. The van der Waals surface area contributed by atoms with E-state index >= 15 is 0 Å². The van der Waals surface area contributed by atoms with Crippen LogP contribution in [0.3, 0.4) is 0 Å². The lowest BCUT2D eigenvalue weighted by atomic mass is 10.1. The van der Waals surface area contributed by atoms with Crippen molar-refractivity contribution in [2.75, 3.05) is 12.4 Å². The van der Waals surface area contributed by atoms with Crippen molar-refractivity contribution < 1.29 is 4.74 Å². The Labute approximate surface area is 130 Å². The summed E-state index contributed by atoms with van der Waals surface area (Å²) in [6.45, 7) is 0. The number of guanidine groups is 1. The third-order valence-corrected chi connectivity index (χ3v) is 4.63. The van der Waals surface area contributed by atoms with Crippen LogP contribution in [0.2, 0.25) is 0 Å². The first-order valence-corrected chi connectivity index (χ1v) is 7.58. The smallest absolute Gasteiger partial charge is 0.193 e. The lowest BCUT2D eigenvalue weighted by molar-refractivity contribution is 0.415. The molecule has 0 radical (unpaired) electrons. The summed E-state index contributed by atoms with van der Waals surface area (Å²) < 4.78 is 5.21. The van der Waals surface area contributed by atoms with Gasteiger partial charge in [0.25, 0.3) is 0 Å². The van der Waals surface area contributed by atoms with Gasteiger partial charge in [-0.15, -0.1) is 0 Å². The number of nitrogens with two attached hydrogens (primary N) is 1. The summed E-state index contributed by atoms with van der Waals surface area (Å²) >= 11 is 0. The predicted octanol–water partition coefficient (Wildman–Crippen LogP) is 2.76. The highest BCUT2D eigenvalue weighted by atomic mass is 16.5. The zero-order valence-electron chi connectivity index (χ0n) is 12.5. The third kappa shape index (κ3) is 2.21. The highest BCUT2D eigenvalue weighted by molar-refractivity contribution is 5.92. The zero-order valence-corrected chi connectivity index (χ0v) is 12.5. The van der Waals surface area contributed by atoms with Crippen LogP contribution < -0.4 is 15.8 Å². The number of nitrogens with zero attached hydrogens (tertiary/aromatic N) is 1. The predicted molar refractivity (Wildman–Crippen MR) is 88.4 cm³/mol. The van der Waals surface area contributed by atoms with Gasteiger partial charge in [-0.25, -0.2) is 4.99 Å². The molecule has 4 heteroatoms. The highest BCUT2D eigenvalue weighted by Crippen LogP contribution is 2.58. The van der Waals surface area contributed by atoms with Gasteiger partial charge in [0.05, 0.1) is 13.2 Å². The molecule has 1 fully saturated rings. The normalized spacial score (nSPS) is 25.3. The van der Waals surface area contributed by atoms with Crippen LogP contribution in [-0.2, 0) is 6.42 Å². The third-order valence-electron chi connectivity index (χ3n) is 4.63. The first-order chi connectivity index (χ1) is 10.8.